The predicted octanol–water partition coefficient (Wildman–Crippen LogP) is 2.09. The first kappa shape index (κ1) is 20.7. The van der Waals surface area contributed by atoms with Gasteiger partial charge < -0.3 is 20.5 Å². The molecule has 2 aromatic carbocycles. The zero-order valence-electron chi connectivity index (χ0n) is 16.6. The quantitative estimate of drug-likeness (QED) is 0.676. The highest BCUT2D eigenvalue weighted by molar-refractivity contribution is 5.94. The van der Waals surface area contributed by atoms with Gasteiger partial charge in [-0.15, -0.1) is 0 Å². The van der Waals surface area contributed by atoms with E-state index in [1.165, 1.54) is 38.6 Å². The molecule has 0 spiro atoms. The second kappa shape index (κ2) is 9.93. The summed E-state index contributed by atoms with van der Waals surface area (Å²) in [5.74, 6) is -0.0761. The molecule has 0 atom stereocenters. The molecule has 1 heterocycles. The number of ether oxygens (including phenoxy) is 2. The van der Waals surface area contributed by atoms with E-state index >= 15 is 0 Å². The van der Waals surface area contributed by atoms with E-state index in [2.05, 4.69) is 22.3 Å². The first-order valence-corrected chi connectivity index (χ1v) is 9.72. The highest BCUT2D eigenvalue weighted by atomic mass is 16.5. The van der Waals surface area contributed by atoms with Gasteiger partial charge in [-0.2, -0.15) is 0 Å². The summed E-state index contributed by atoms with van der Waals surface area (Å²) in [6.45, 7) is 3.51. The van der Waals surface area contributed by atoms with Gasteiger partial charge in [0, 0.05) is 18.7 Å². The molecule has 1 fully saturated rings. The van der Waals surface area contributed by atoms with Crippen LogP contribution in [0.5, 0.6) is 11.5 Å². The number of hydrogen-bond acceptors (Lipinski definition) is 5. The van der Waals surface area contributed by atoms with Crippen LogP contribution in [0.15, 0.2) is 42.5 Å². The number of methoxy groups -OCH3 is 1. The Morgan fingerprint density at radius 1 is 1.03 bits per heavy atom. The number of primary amides is 1. The summed E-state index contributed by atoms with van der Waals surface area (Å²) in [6.07, 6.45) is 2.57. The number of likely N-dealkylation sites (tertiary alicyclic amines) is 1. The number of carbonyl (C=O) groups is 2. The SMILES string of the molecule is COc1cc(C(=O)NCc2ccc(CN3CCCC3)cc2)ccc1OCC(N)=O. The molecule has 0 saturated carbocycles. The average molecular weight is 397 g/mol. The van der Waals surface area contributed by atoms with E-state index in [-0.39, 0.29) is 12.5 Å². The lowest BCUT2D eigenvalue weighted by atomic mass is 10.1. The molecule has 3 rings (SSSR count). The lowest BCUT2D eigenvalue weighted by Gasteiger charge is -2.15. The number of nitrogens with zero attached hydrogens (tertiary/aromatic N) is 1. The molecule has 0 bridgehead atoms. The van der Waals surface area contributed by atoms with E-state index < -0.39 is 5.91 Å². The average Bonchev–Trinajstić information content (AvgIpc) is 3.24. The zero-order valence-corrected chi connectivity index (χ0v) is 16.6. The van der Waals surface area contributed by atoms with Crippen molar-refractivity contribution in [2.24, 2.45) is 5.73 Å². The van der Waals surface area contributed by atoms with E-state index in [1.54, 1.807) is 18.2 Å². The van der Waals surface area contributed by atoms with Crippen LogP contribution >= 0.6 is 0 Å². The summed E-state index contributed by atoms with van der Waals surface area (Å²) in [5.41, 5.74) is 7.86. The lowest BCUT2D eigenvalue weighted by molar-refractivity contribution is -0.119. The van der Waals surface area contributed by atoms with Gasteiger partial charge in [-0.1, -0.05) is 24.3 Å². The highest BCUT2D eigenvalue weighted by Crippen LogP contribution is 2.28. The third-order valence-corrected chi connectivity index (χ3v) is 4.88. The van der Waals surface area contributed by atoms with Gasteiger partial charge in [-0.3, -0.25) is 14.5 Å². The molecule has 0 unspecified atom stereocenters. The summed E-state index contributed by atoms with van der Waals surface area (Å²) in [5, 5.41) is 2.91. The lowest BCUT2D eigenvalue weighted by Crippen LogP contribution is -2.23. The molecule has 1 aliphatic heterocycles. The van der Waals surface area contributed by atoms with Crippen LogP contribution in [0.3, 0.4) is 0 Å². The fourth-order valence-corrected chi connectivity index (χ4v) is 3.32. The Balaban J connectivity index is 1.55. The third-order valence-electron chi connectivity index (χ3n) is 4.88. The van der Waals surface area contributed by atoms with Crippen molar-refractivity contribution < 1.29 is 19.1 Å². The first-order chi connectivity index (χ1) is 14.0. The van der Waals surface area contributed by atoms with Gasteiger partial charge in [0.2, 0.25) is 0 Å². The molecule has 1 aliphatic rings. The number of nitrogens with one attached hydrogen (secondary N) is 1. The molecular weight excluding hydrogens is 370 g/mol. The van der Waals surface area contributed by atoms with Gasteiger partial charge in [0.15, 0.2) is 18.1 Å². The smallest absolute Gasteiger partial charge is 0.255 e. The number of nitrogens with two attached hydrogens (primary N) is 1. The van der Waals surface area contributed by atoms with E-state index in [0.29, 0.717) is 23.6 Å². The first-order valence-electron chi connectivity index (χ1n) is 9.72. The van der Waals surface area contributed by atoms with Crippen LogP contribution in [0, 0.1) is 0 Å². The van der Waals surface area contributed by atoms with Crippen molar-refractivity contribution in [3.63, 3.8) is 0 Å². The molecule has 7 nitrogen and oxygen atoms in total. The molecular formula is C22H27N3O4. The molecule has 0 aliphatic carbocycles. The normalized spacial score (nSPS) is 13.8. The van der Waals surface area contributed by atoms with Crippen LogP contribution < -0.4 is 20.5 Å². The van der Waals surface area contributed by atoms with Gasteiger partial charge in [0.05, 0.1) is 7.11 Å². The predicted molar refractivity (Wildman–Crippen MR) is 110 cm³/mol. The summed E-state index contributed by atoms with van der Waals surface area (Å²) in [4.78, 5) is 25.8. The summed E-state index contributed by atoms with van der Waals surface area (Å²) >= 11 is 0. The van der Waals surface area contributed by atoms with Crippen LogP contribution in [0.2, 0.25) is 0 Å². The van der Waals surface area contributed by atoms with Crippen molar-refractivity contribution >= 4 is 11.8 Å². The van der Waals surface area contributed by atoms with E-state index in [9.17, 15) is 9.59 Å². The maximum Gasteiger partial charge on any atom is 0.255 e. The zero-order chi connectivity index (χ0) is 20.6. The summed E-state index contributed by atoms with van der Waals surface area (Å²) in [6, 6.07) is 13.1. The Kier molecular flexibility index (Phi) is 7.08. The van der Waals surface area contributed by atoms with Crippen molar-refractivity contribution in [3.05, 3.63) is 59.2 Å². The maximum atomic E-state index is 12.5. The number of rotatable bonds is 9. The van der Waals surface area contributed by atoms with E-state index in [1.807, 2.05) is 12.1 Å². The molecule has 29 heavy (non-hydrogen) atoms. The standard InChI is InChI=1S/C22H27N3O4/c1-28-20-12-18(8-9-19(20)29-15-21(23)26)22(27)24-13-16-4-6-17(7-5-16)14-25-10-2-3-11-25/h4-9,12H,2-3,10-11,13-15H2,1H3,(H2,23,26)(H,24,27). The van der Waals surface area contributed by atoms with Crippen molar-refractivity contribution in [2.45, 2.75) is 25.9 Å². The third kappa shape index (κ3) is 5.96. The van der Waals surface area contributed by atoms with Crippen molar-refractivity contribution in [1.82, 2.24) is 10.2 Å². The Morgan fingerprint density at radius 2 is 1.72 bits per heavy atom. The van der Waals surface area contributed by atoms with Crippen LogP contribution in [0.4, 0.5) is 0 Å². The highest BCUT2D eigenvalue weighted by Gasteiger charge is 2.13. The maximum absolute atomic E-state index is 12.5. The molecule has 7 heteroatoms. The molecule has 0 radical (unpaired) electrons. The van der Waals surface area contributed by atoms with E-state index in [0.717, 1.165) is 12.1 Å². The summed E-state index contributed by atoms with van der Waals surface area (Å²) < 4.78 is 10.5. The Morgan fingerprint density at radius 3 is 2.38 bits per heavy atom. The monoisotopic (exact) mass is 397 g/mol. The molecule has 3 N–H and O–H groups in total. The number of benzene rings is 2. The Bertz CT molecular complexity index is 846. The minimum absolute atomic E-state index is 0.217. The topological polar surface area (TPSA) is 93.9 Å². The van der Waals surface area contributed by atoms with Gasteiger partial charge in [0.1, 0.15) is 0 Å². The second-order valence-corrected chi connectivity index (χ2v) is 7.10. The molecule has 2 amide bonds. The van der Waals surface area contributed by atoms with Crippen molar-refractivity contribution in [1.29, 1.82) is 0 Å². The Hall–Kier alpha value is -3.06. The number of amides is 2. The van der Waals surface area contributed by atoms with Crippen LogP contribution in [-0.4, -0.2) is 43.5 Å². The van der Waals surface area contributed by atoms with E-state index in [4.69, 9.17) is 15.2 Å². The van der Waals surface area contributed by atoms with Gasteiger partial charge in [0.25, 0.3) is 11.8 Å². The second-order valence-electron chi connectivity index (χ2n) is 7.10. The van der Waals surface area contributed by atoms with Crippen molar-refractivity contribution in [2.75, 3.05) is 26.8 Å². The molecule has 154 valence electrons. The Labute approximate surface area is 170 Å². The van der Waals surface area contributed by atoms with Crippen molar-refractivity contribution in [3.8, 4) is 11.5 Å². The van der Waals surface area contributed by atoms with Gasteiger partial charge >= 0.3 is 0 Å². The fraction of sp³-hybridized carbons (Fsp3) is 0.364. The largest absolute Gasteiger partial charge is 0.493 e. The minimum Gasteiger partial charge on any atom is -0.493 e. The number of carbonyl (C=O) groups excluding carboxylic acids is 2. The molecule has 0 aromatic heterocycles. The van der Waals surface area contributed by atoms with Crippen LogP contribution in [0.25, 0.3) is 0 Å². The van der Waals surface area contributed by atoms with Gasteiger partial charge in [-0.05, 0) is 55.3 Å². The summed E-state index contributed by atoms with van der Waals surface area (Å²) in [7, 11) is 1.47. The minimum atomic E-state index is -0.583. The van der Waals surface area contributed by atoms with Crippen LogP contribution in [-0.2, 0) is 17.9 Å². The number of hydrogen-bond donors (Lipinski definition) is 2. The fourth-order valence-electron chi connectivity index (χ4n) is 3.32. The molecule has 1 saturated heterocycles. The van der Waals surface area contributed by atoms with Gasteiger partial charge in [-0.25, -0.2) is 0 Å². The van der Waals surface area contributed by atoms with Crippen LogP contribution in [0.1, 0.15) is 34.3 Å². The molecule has 2 aromatic rings.